The molecule has 8 nitrogen and oxygen atoms in total. The molecule has 1 aliphatic heterocycles. The van der Waals surface area contributed by atoms with Gasteiger partial charge in [0.05, 0.1) is 25.4 Å². The van der Waals surface area contributed by atoms with Gasteiger partial charge in [0, 0.05) is 11.4 Å². The standard InChI is InChI=1S/C24H34N4O4S/c1-7-9-13-33-24-26-23-25-16(5)20(22(29)31-12-8-2)21(28(23)27-24)17-10-11-18(32-15(3)4)19(14-17)30-6/h10-11,14-15,21H,7-9,12-13H2,1-6H3,(H,25,26,27). The van der Waals surface area contributed by atoms with Crippen LogP contribution in [0.15, 0.2) is 34.6 Å². The van der Waals surface area contributed by atoms with Crippen molar-refractivity contribution in [1.29, 1.82) is 0 Å². The molecule has 180 valence electrons. The van der Waals surface area contributed by atoms with Gasteiger partial charge in [0.2, 0.25) is 11.1 Å². The van der Waals surface area contributed by atoms with E-state index >= 15 is 0 Å². The number of carbonyl (C=O) groups is 1. The van der Waals surface area contributed by atoms with Crippen molar-refractivity contribution in [3.63, 3.8) is 0 Å². The molecule has 1 atom stereocenters. The van der Waals surface area contributed by atoms with Gasteiger partial charge in [-0.1, -0.05) is 38.1 Å². The van der Waals surface area contributed by atoms with Crippen molar-refractivity contribution < 1.29 is 19.0 Å². The zero-order valence-electron chi connectivity index (χ0n) is 20.3. The van der Waals surface area contributed by atoms with Crippen molar-refractivity contribution in [2.75, 3.05) is 24.8 Å². The van der Waals surface area contributed by atoms with E-state index in [0.29, 0.717) is 40.5 Å². The Morgan fingerprint density at radius 1 is 1.24 bits per heavy atom. The molecule has 0 saturated heterocycles. The average molecular weight is 475 g/mol. The van der Waals surface area contributed by atoms with Gasteiger partial charge in [0.25, 0.3) is 0 Å². The summed E-state index contributed by atoms with van der Waals surface area (Å²) in [7, 11) is 1.61. The quantitative estimate of drug-likeness (QED) is 0.270. The molecule has 0 bridgehead atoms. The molecule has 1 N–H and O–H groups in total. The fourth-order valence-corrected chi connectivity index (χ4v) is 4.46. The fourth-order valence-electron chi connectivity index (χ4n) is 3.55. The minimum atomic E-state index is -0.499. The SMILES string of the molecule is CCCCSc1nc2n(n1)C(c1ccc(OC(C)C)c(OC)c1)C(C(=O)OCCC)=C(C)N2. The summed E-state index contributed by atoms with van der Waals surface area (Å²) in [6.07, 6.45) is 2.96. The van der Waals surface area contributed by atoms with Crippen LogP contribution < -0.4 is 14.8 Å². The minimum absolute atomic E-state index is 0.00924. The molecule has 3 rings (SSSR count). The number of nitrogens with one attached hydrogen (secondary N) is 1. The maximum atomic E-state index is 13.1. The van der Waals surface area contributed by atoms with Gasteiger partial charge < -0.3 is 19.5 Å². The Morgan fingerprint density at radius 2 is 2.03 bits per heavy atom. The first-order valence-electron chi connectivity index (χ1n) is 11.5. The number of ether oxygens (including phenoxy) is 3. The van der Waals surface area contributed by atoms with Crippen LogP contribution in [0, 0.1) is 0 Å². The molecule has 2 heterocycles. The van der Waals surface area contributed by atoms with Crippen LogP contribution in [0.25, 0.3) is 0 Å². The van der Waals surface area contributed by atoms with E-state index in [0.717, 1.165) is 30.6 Å². The van der Waals surface area contributed by atoms with E-state index in [4.69, 9.17) is 19.3 Å². The van der Waals surface area contributed by atoms with Crippen LogP contribution in [0.1, 0.15) is 65.5 Å². The van der Waals surface area contributed by atoms with Gasteiger partial charge in [0.1, 0.15) is 6.04 Å². The summed E-state index contributed by atoms with van der Waals surface area (Å²) in [5.74, 6) is 2.42. The van der Waals surface area contributed by atoms with Crippen molar-refractivity contribution in [2.24, 2.45) is 0 Å². The van der Waals surface area contributed by atoms with E-state index in [9.17, 15) is 4.79 Å². The van der Waals surface area contributed by atoms with Crippen LogP contribution >= 0.6 is 11.8 Å². The normalized spacial score (nSPS) is 15.3. The molecule has 9 heteroatoms. The van der Waals surface area contributed by atoms with Crippen molar-refractivity contribution >= 4 is 23.7 Å². The van der Waals surface area contributed by atoms with Crippen molar-refractivity contribution in [3.8, 4) is 11.5 Å². The van der Waals surface area contributed by atoms with Crippen molar-refractivity contribution in [2.45, 2.75) is 71.2 Å². The maximum Gasteiger partial charge on any atom is 0.338 e. The lowest BCUT2D eigenvalue weighted by Crippen LogP contribution is -2.29. The Balaban J connectivity index is 2.06. The predicted octanol–water partition coefficient (Wildman–Crippen LogP) is 5.21. The highest BCUT2D eigenvalue weighted by atomic mass is 32.2. The summed E-state index contributed by atoms with van der Waals surface area (Å²) in [5.41, 5.74) is 2.04. The highest BCUT2D eigenvalue weighted by Gasteiger charge is 2.35. The summed E-state index contributed by atoms with van der Waals surface area (Å²) in [6.45, 7) is 10.3. The Morgan fingerprint density at radius 3 is 2.70 bits per heavy atom. The molecule has 1 unspecified atom stereocenters. The number of benzene rings is 1. The first kappa shape index (κ1) is 25.0. The van der Waals surface area contributed by atoms with Crippen LogP contribution in [-0.2, 0) is 9.53 Å². The number of fused-ring (bicyclic) bond motifs is 1. The number of esters is 1. The fraction of sp³-hybridized carbons (Fsp3) is 0.542. The van der Waals surface area contributed by atoms with E-state index < -0.39 is 6.04 Å². The first-order valence-corrected chi connectivity index (χ1v) is 12.5. The molecule has 1 aromatic carbocycles. The third-order valence-electron chi connectivity index (χ3n) is 5.09. The minimum Gasteiger partial charge on any atom is -0.493 e. The summed E-state index contributed by atoms with van der Waals surface area (Å²) < 4.78 is 18.8. The van der Waals surface area contributed by atoms with Gasteiger partial charge in [0.15, 0.2) is 11.5 Å². The van der Waals surface area contributed by atoms with Crippen molar-refractivity contribution in [1.82, 2.24) is 14.8 Å². The van der Waals surface area contributed by atoms with E-state index in [1.807, 2.05) is 45.9 Å². The lowest BCUT2D eigenvalue weighted by molar-refractivity contribution is -0.139. The van der Waals surface area contributed by atoms with Crippen molar-refractivity contribution in [3.05, 3.63) is 35.0 Å². The Kier molecular flexibility index (Phi) is 8.66. The molecule has 2 aromatic rings. The molecule has 0 fully saturated rings. The topological polar surface area (TPSA) is 87.5 Å². The smallest absolute Gasteiger partial charge is 0.338 e. The molecule has 0 radical (unpaired) electrons. The summed E-state index contributed by atoms with van der Waals surface area (Å²) in [4.78, 5) is 17.8. The van der Waals surface area contributed by atoms with Crippen LogP contribution in [0.3, 0.4) is 0 Å². The number of hydrogen-bond acceptors (Lipinski definition) is 8. The molecule has 33 heavy (non-hydrogen) atoms. The molecule has 1 aromatic heterocycles. The van der Waals surface area contributed by atoms with Gasteiger partial charge >= 0.3 is 5.97 Å². The first-order chi connectivity index (χ1) is 15.9. The number of allylic oxidation sites excluding steroid dienone is 1. The Hall–Kier alpha value is -2.68. The lowest BCUT2D eigenvalue weighted by atomic mass is 9.95. The molecule has 0 spiro atoms. The second-order valence-corrected chi connectivity index (χ2v) is 9.21. The van der Waals surface area contributed by atoms with E-state index in [1.165, 1.54) is 0 Å². The maximum absolute atomic E-state index is 13.1. The second-order valence-electron chi connectivity index (χ2n) is 8.14. The number of methoxy groups -OCH3 is 1. The second kappa shape index (κ2) is 11.4. The van der Waals surface area contributed by atoms with E-state index in [1.54, 1.807) is 23.6 Å². The summed E-state index contributed by atoms with van der Waals surface area (Å²) in [5, 5.41) is 8.67. The molecular formula is C24H34N4O4S. The van der Waals surface area contributed by atoms with Crippen LogP contribution in [0.4, 0.5) is 5.95 Å². The van der Waals surface area contributed by atoms with Crippen LogP contribution in [0.5, 0.6) is 11.5 Å². The zero-order valence-corrected chi connectivity index (χ0v) is 21.1. The predicted molar refractivity (Wildman–Crippen MR) is 130 cm³/mol. The highest BCUT2D eigenvalue weighted by Crippen LogP contribution is 2.40. The number of anilines is 1. The zero-order chi connectivity index (χ0) is 24.0. The van der Waals surface area contributed by atoms with Gasteiger partial charge in [-0.3, -0.25) is 0 Å². The number of aromatic nitrogens is 3. The van der Waals surface area contributed by atoms with E-state index in [2.05, 4.69) is 17.2 Å². The number of unbranched alkanes of at least 4 members (excludes halogenated alkanes) is 1. The third kappa shape index (κ3) is 5.82. The number of carbonyl (C=O) groups excluding carboxylic acids is 1. The average Bonchev–Trinajstić information content (AvgIpc) is 3.18. The van der Waals surface area contributed by atoms with Gasteiger partial charge in [-0.05, 0) is 51.3 Å². The molecule has 0 saturated carbocycles. The third-order valence-corrected chi connectivity index (χ3v) is 6.01. The number of rotatable bonds is 11. The molecular weight excluding hydrogens is 440 g/mol. The lowest BCUT2D eigenvalue weighted by Gasteiger charge is -2.28. The monoisotopic (exact) mass is 474 g/mol. The van der Waals surface area contributed by atoms with Gasteiger partial charge in [-0.15, -0.1) is 5.10 Å². The van der Waals surface area contributed by atoms with Gasteiger partial charge in [-0.2, -0.15) is 4.98 Å². The number of thioether (sulfide) groups is 1. The Labute approximate surface area is 200 Å². The molecule has 1 aliphatic rings. The largest absolute Gasteiger partial charge is 0.493 e. The number of hydrogen-bond donors (Lipinski definition) is 1. The summed E-state index contributed by atoms with van der Waals surface area (Å²) in [6, 6.07) is 5.20. The molecule has 0 aliphatic carbocycles. The number of nitrogens with zero attached hydrogens (tertiary/aromatic N) is 3. The van der Waals surface area contributed by atoms with Gasteiger partial charge in [-0.25, -0.2) is 9.48 Å². The van der Waals surface area contributed by atoms with Crippen LogP contribution in [-0.4, -0.2) is 46.3 Å². The summed E-state index contributed by atoms with van der Waals surface area (Å²) >= 11 is 1.61. The van der Waals surface area contributed by atoms with Crippen LogP contribution in [0.2, 0.25) is 0 Å². The molecule has 0 amide bonds. The van der Waals surface area contributed by atoms with E-state index in [-0.39, 0.29) is 12.1 Å². The Bertz CT molecular complexity index is 1000. The highest BCUT2D eigenvalue weighted by molar-refractivity contribution is 7.99.